The third-order valence-electron chi connectivity index (χ3n) is 1.99. The van der Waals surface area contributed by atoms with Crippen LogP contribution in [0.15, 0.2) is 36.4 Å². The Bertz CT molecular complexity index is 438. The van der Waals surface area contributed by atoms with E-state index in [1.165, 1.54) is 0 Å². The fourth-order valence-corrected chi connectivity index (χ4v) is 1.33. The lowest BCUT2D eigenvalue weighted by molar-refractivity contribution is 0.990. The zero-order chi connectivity index (χ0) is 9.97. The Kier molecular flexibility index (Phi) is 2.14. The van der Waals surface area contributed by atoms with Gasteiger partial charge >= 0.3 is 0 Å². The van der Waals surface area contributed by atoms with E-state index in [9.17, 15) is 0 Å². The van der Waals surface area contributed by atoms with E-state index in [2.05, 4.69) is 10.2 Å². The molecule has 0 fully saturated rings. The summed E-state index contributed by atoms with van der Waals surface area (Å²) in [5, 5.41) is 8.06. The first-order valence-electron chi connectivity index (χ1n) is 4.42. The van der Waals surface area contributed by atoms with Crippen LogP contribution in [0, 0.1) is 6.92 Å². The van der Waals surface area contributed by atoms with Crippen LogP contribution in [-0.2, 0) is 0 Å². The van der Waals surface area contributed by atoms with Crippen molar-refractivity contribution < 1.29 is 0 Å². The summed E-state index contributed by atoms with van der Waals surface area (Å²) in [5.74, 6) is 0. The average Bonchev–Trinajstić information content (AvgIpc) is 2.19. The van der Waals surface area contributed by atoms with Crippen LogP contribution in [0.2, 0.25) is 0 Å². The highest BCUT2D eigenvalue weighted by atomic mass is 15.1. The summed E-state index contributed by atoms with van der Waals surface area (Å²) in [6.07, 6.45) is 0. The molecule has 0 saturated carbocycles. The smallest absolute Gasteiger partial charge is 0.116 e. The lowest BCUT2D eigenvalue weighted by atomic mass is 10.1. The Morgan fingerprint density at radius 1 is 1.07 bits per heavy atom. The molecule has 3 heteroatoms. The number of benzene rings is 1. The van der Waals surface area contributed by atoms with Crippen LogP contribution < -0.4 is 5.73 Å². The number of nitrogens with two attached hydrogens (primary N) is 1. The van der Waals surface area contributed by atoms with Crippen LogP contribution in [0.25, 0.3) is 11.3 Å². The molecule has 2 rings (SSSR count). The molecule has 0 aliphatic rings. The number of nitrogens with zero attached hydrogens (tertiary/aromatic N) is 2. The minimum atomic E-state index is 0.670. The molecule has 0 saturated heterocycles. The average molecular weight is 185 g/mol. The van der Waals surface area contributed by atoms with Gasteiger partial charge in [0, 0.05) is 5.56 Å². The van der Waals surface area contributed by atoms with Crippen LogP contribution >= 0.6 is 0 Å². The molecule has 2 aromatic rings. The lowest BCUT2D eigenvalue weighted by Crippen LogP contribution is -1.97. The van der Waals surface area contributed by atoms with Gasteiger partial charge in [-0.15, -0.1) is 5.10 Å². The third kappa shape index (κ3) is 1.57. The van der Waals surface area contributed by atoms with Crippen molar-refractivity contribution in [3.05, 3.63) is 42.1 Å². The zero-order valence-electron chi connectivity index (χ0n) is 7.94. The molecule has 1 aromatic heterocycles. The van der Waals surface area contributed by atoms with Crippen LogP contribution in [0.1, 0.15) is 5.69 Å². The van der Waals surface area contributed by atoms with Crippen LogP contribution in [0.4, 0.5) is 5.69 Å². The molecule has 0 aliphatic heterocycles. The molecule has 14 heavy (non-hydrogen) atoms. The number of aryl methyl sites for hydroxylation is 1. The number of hydrogen-bond donors (Lipinski definition) is 1. The van der Waals surface area contributed by atoms with E-state index in [4.69, 9.17) is 5.73 Å². The number of nitrogen functional groups attached to an aromatic ring is 1. The van der Waals surface area contributed by atoms with E-state index >= 15 is 0 Å². The Morgan fingerprint density at radius 3 is 2.43 bits per heavy atom. The summed E-state index contributed by atoms with van der Waals surface area (Å²) in [7, 11) is 0. The van der Waals surface area contributed by atoms with Crippen molar-refractivity contribution in [3.8, 4) is 11.3 Å². The van der Waals surface area contributed by atoms with Gasteiger partial charge < -0.3 is 5.73 Å². The predicted molar refractivity (Wildman–Crippen MR) is 56.6 cm³/mol. The minimum absolute atomic E-state index is 0.670. The molecule has 0 spiro atoms. The summed E-state index contributed by atoms with van der Waals surface area (Å²) in [4.78, 5) is 0. The molecule has 0 aliphatic carbocycles. The maximum absolute atomic E-state index is 5.85. The van der Waals surface area contributed by atoms with Crippen LogP contribution in [-0.4, -0.2) is 10.2 Å². The van der Waals surface area contributed by atoms with Crippen molar-refractivity contribution in [2.24, 2.45) is 0 Å². The molecular weight excluding hydrogens is 174 g/mol. The molecule has 0 unspecified atom stereocenters. The maximum atomic E-state index is 5.85. The van der Waals surface area contributed by atoms with Gasteiger partial charge in [-0.3, -0.25) is 0 Å². The van der Waals surface area contributed by atoms with Gasteiger partial charge in [-0.05, 0) is 13.0 Å². The van der Waals surface area contributed by atoms with Crippen molar-refractivity contribution >= 4 is 5.69 Å². The number of rotatable bonds is 1. The first kappa shape index (κ1) is 8.69. The number of aromatic nitrogens is 2. The Balaban J connectivity index is 2.53. The highest BCUT2D eigenvalue weighted by molar-refractivity contribution is 5.71. The molecule has 0 radical (unpaired) electrons. The standard InChI is InChI=1S/C11H11N3/c1-8-7-10(12)11(14-13-8)9-5-3-2-4-6-9/h2-7H,1H3,(H2,12,13). The second kappa shape index (κ2) is 3.46. The Morgan fingerprint density at radius 2 is 1.79 bits per heavy atom. The summed E-state index contributed by atoms with van der Waals surface area (Å²) < 4.78 is 0. The van der Waals surface area contributed by atoms with Crippen molar-refractivity contribution in [2.75, 3.05) is 5.73 Å². The van der Waals surface area contributed by atoms with Gasteiger partial charge in [0.25, 0.3) is 0 Å². The van der Waals surface area contributed by atoms with Gasteiger partial charge in [-0.25, -0.2) is 0 Å². The zero-order valence-corrected chi connectivity index (χ0v) is 7.94. The largest absolute Gasteiger partial charge is 0.397 e. The van der Waals surface area contributed by atoms with Gasteiger partial charge in [-0.1, -0.05) is 30.3 Å². The maximum Gasteiger partial charge on any atom is 0.116 e. The Hall–Kier alpha value is -1.90. The lowest BCUT2D eigenvalue weighted by Gasteiger charge is -2.03. The fraction of sp³-hybridized carbons (Fsp3) is 0.0909. The first-order chi connectivity index (χ1) is 6.77. The molecule has 3 nitrogen and oxygen atoms in total. The monoisotopic (exact) mass is 185 g/mol. The van der Waals surface area contributed by atoms with Crippen LogP contribution in [0.5, 0.6) is 0 Å². The quantitative estimate of drug-likeness (QED) is 0.739. The number of hydrogen-bond acceptors (Lipinski definition) is 3. The summed E-state index contributed by atoms with van der Waals surface area (Å²) in [5.41, 5.74) is 9.10. The molecule has 70 valence electrons. The minimum Gasteiger partial charge on any atom is -0.397 e. The van der Waals surface area contributed by atoms with Crippen molar-refractivity contribution in [1.29, 1.82) is 0 Å². The molecular formula is C11H11N3. The fourth-order valence-electron chi connectivity index (χ4n) is 1.33. The number of anilines is 1. The highest BCUT2D eigenvalue weighted by Gasteiger charge is 2.03. The Labute approximate surface area is 82.6 Å². The third-order valence-corrected chi connectivity index (χ3v) is 1.99. The predicted octanol–water partition coefficient (Wildman–Crippen LogP) is 2.03. The normalized spacial score (nSPS) is 10.1. The van der Waals surface area contributed by atoms with E-state index in [-0.39, 0.29) is 0 Å². The van der Waals surface area contributed by atoms with Gasteiger partial charge in [0.1, 0.15) is 5.69 Å². The van der Waals surface area contributed by atoms with E-state index in [0.29, 0.717) is 5.69 Å². The molecule has 1 heterocycles. The van der Waals surface area contributed by atoms with Gasteiger partial charge in [0.2, 0.25) is 0 Å². The topological polar surface area (TPSA) is 51.8 Å². The first-order valence-corrected chi connectivity index (χ1v) is 4.42. The van der Waals surface area contributed by atoms with Crippen LogP contribution in [0.3, 0.4) is 0 Å². The van der Waals surface area contributed by atoms with Crippen molar-refractivity contribution in [2.45, 2.75) is 6.92 Å². The summed E-state index contributed by atoms with van der Waals surface area (Å²) in [6.45, 7) is 1.87. The second-order valence-electron chi connectivity index (χ2n) is 3.16. The van der Waals surface area contributed by atoms with Gasteiger partial charge in [-0.2, -0.15) is 5.10 Å². The van der Waals surface area contributed by atoms with E-state index in [1.807, 2.05) is 43.3 Å². The molecule has 1 aromatic carbocycles. The van der Waals surface area contributed by atoms with E-state index < -0.39 is 0 Å². The van der Waals surface area contributed by atoms with Gasteiger partial charge in [0.05, 0.1) is 11.4 Å². The molecule has 0 bridgehead atoms. The van der Waals surface area contributed by atoms with Crippen molar-refractivity contribution in [3.63, 3.8) is 0 Å². The molecule has 2 N–H and O–H groups in total. The SMILES string of the molecule is Cc1cc(N)c(-c2ccccc2)nn1. The summed E-state index contributed by atoms with van der Waals surface area (Å²) >= 11 is 0. The van der Waals surface area contributed by atoms with E-state index in [0.717, 1.165) is 17.0 Å². The molecule has 0 atom stereocenters. The summed E-state index contributed by atoms with van der Waals surface area (Å²) in [6, 6.07) is 11.6. The highest BCUT2D eigenvalue weighted by Crippen LogP contribution is 2.22. The van der Waals surface area contributed by atoms with Crippen molar-refractivity contribution in [1.82, 2.24) is 10.2 Å². The second-order valence-corrected chi connectivity index (χ2v) is 3.16. The van der Waals surface area contributed by atoms with E-state index in [1.54, 1.807) is 0 Å². The molecule has 0 amide bonds. The van der Waals surface area contributed by atoms with Gasteiger partial charge in [0.15, 0.2) is 0 Å².